The van der Waals surface area contributed by atoms with E-state index in [0.29, 0.717) is 0 Å². The highest BCUT2D eigenvalue weighted by molar-refractivity contribution is 7.21. The fraction of sp³-hybridized carbons (Fsp3) is 0.368. The maximum Gasteiger partial charge on any atom is 0.183 e. The molecule has 1 fully saturated rings. The van der Waals surface area contributed by atoms with Crippen molar-refractivity contribution in [2.75, 3.05) is 18.0 Å². The molecule has 3 aliphatic rings. The highest BCUT2D eigenvalue weighted by Gasteiger charge is 2.14. The Labute approximate surface area is 139 Å². The number of benzene rings is 2. The van der Waals surface area contributed by atoms with E-state index in [1.165, 1.54) is 24.9 Å². The van der Waals surface area contributed by atoms with Crippen LogP contribution in [-0.2, 0) is 6.42 Å². The van der Waals surface area contributed by atoms with E-state index in [9.17, 15) is 4.79 Å². The number of hydrogen-bond donors (Lipinski definition) is 0. The van der Waals surface area contributed by atoms with Gasteiger partial charge in [0.25, 0.3) is 0 Å². The Balaban J connectivity index is 1.83. The van der Waals surface area contributed by atoms with Crippen molar-refractivity contribution in [3.05, 3.63) is 46.1 Å². The van der Waals surface area contributed by atoms with Crippen molar-refractivity contribution in [3.63, 3.8) is 0 Å². The Hall–Kier alpha value is -1.94. The Morgan fingerprint density at radius 2 is 1.96 bits per heavy atom. The second-order valence-corrected chi connectivity index (χ2v) is 7.28. The van der Waals surface area contributed by atoms with Gasteiger partial charge in [0.1, 0.15) is 0 Å². The zero-order valence-corrected chi connectivity index (χ0v) is 14.2. The molecule has 0 atom stereocenters. The molecule has 1 aromatic carbocycles. The molecule has 4 rings (SSSR count). The fourth-order valence-corrected chi connectivity index (χ4v) is 4.32. The highest BCUT2D eigenvalue weighted by atomic mass is 32.1. The molecule has 0 aromatic heterocycles. The SMILES string of the molecule is CCc1cc2nc3ccc(N4CCCCC4)cc3sc-2cc1=O. The average molecular weight is 324 g/mol. The van der Waals surface area contributed by atoms with Gasteiger partial charge in [-0.25, -0.2) is 4.98 Å². The van der Waals surface area contributed by atoms with Crippen LogP contribution in [0, 0.1) is 0 Å². The van der Waals surface area contributed by atoms with Crippen molar-refractivity contribution in [1.29, 1.82) is 0 Å². The molecular weight excluding hydrogens is 304 g/mol. The van der Waals surface area contributed by atoms with Crippen LogP contribution in [0.25, 0.3) is 20.8 Å². The molecule has 1 saturated heterocycles. The molecule has 2 aliphatic heterocycles. The van der Waals surface area contributed by atoms with Gasteiger partial charge >= 0.3 is 0 Å². The number of nitrogens with zero attached hydrogens (tertiary/aromatic N) is 2. The Morgan fingerprint density at radius 3 is 2.74 bits per heavy atom. The first-order chi connectivity index (χ1) is 11.2. The van der Waals surface area contributed by atoms with E-state index in [4.69, 9.17) is 4.98 Å². The molecule has 3 nitrogen and oxygen atoms in total. The first-order valence-electron chi connectivity index (χ1n) is 8.37. The van der Waals surface area contributed by atoms with Crippen LogP contribution in [0.4, 0.5) is 5.69 Å². The number of rotatable bonds is 2. The summed E-state index contributed by atoms with van der Waals surface area (Å²) >= 11 is 1.67. The smallest absolute Gasteiger partial charge is 0.183 e. The van der Waals surface area contributed by atoms with E-state index in [1.54, 1.807) is 17.4 Å². The fourth-order valence-electron chi connectivity index (χ4n) is 3.31. The Bertz CT molecular complexity index is 880. The lowest BCUT2D eigenvalue weighted by Gasteiger charge is -2.28. The van der Waals surface area contributed by atoms with Gasteiger partial charge in [-0.3, -0.25) is 4.79 Å². The molecule has 1 aliphatic carbocycles. The van der Waals surface area contributed by atoms with Crippen molar-refractivity contribution in [1.82, 2.24) is 4.98 Å². The summed E-state index contributed by atoms with van der Waals surface area (Å²) in [5, 5.41) is 0. The van der Waals surface area contributed by atoms with Crippen molar-refractivity contribution < 1.29 is 0 Å². The molecule has 23 heavy (non-hydrogen) atoms. The van der Waals surface area contributed by atoms with Gasteiger partial charge in [0, 0.05) is 30.4 Å². The minimum atomic E-state index is 0.129. The lowest BCUT2D eigenvalue weighted by atomic mass is 10.1. The molecule has 0 amide bonds. The summed E-state index contributed by atoms with van der Waals surface area (Å²) in [5.74, 6) is 0. The lowest BCUT2D eigenvalue weighted by Crippen LogP contribution is -2.29. The maximum atomic E-state index is 12.1. The molecule has 0 bridgehead atoms. The minimum absolute atomic E-state index is 0.129. The van der Waals surface area contributed by atoms with E-state index >= 15 is 0 Å². The Morgan fingerprint density at radius 1 is 1.13 bits per heavy atom. The molecule has 0 radical (unpaired) electrons. The second-order valence-electron chi connectivity index (χ2n) is 6.19. The van der Waals surface area contributed by atoms with E-state index < -0.39 is 0 Å². The molecule has 118 valence electrons. The quantitative estimate of drug-likeness (QED) is 0.658. The van der Waals surface area contributed by atoms with Crippen LogP contribution in [-0.4, -0.2) is 18.1 Å². The van der Waals surface area contributed by atoms with Crippen molar-refractivity contribution >= 4 is 27.2 Å². The van der Waals surface area contributed by atoms with Gasteiger partial charge in [-0.15, -0.1) is 11.3 Å². The zero-order valence-electron chi connectivity index (χ0n) is 13.3. The van der Waals surface area contributed by atoms with Gasteiger partial charge in [0.05, 0.1) is 20.8 Å². The van der Waals surface area contributed by atoms with E-state index in [-0.39, 0.29) is 5.43 Å². The maximum absolute atomic E-state index is 12.1. The third-order valence-corrected chi connectivity index (χ3v) is 5.74. The number of piperidine rings is 1. The molecule has 0 saturated carbocycles. The molecular formula is C19H20N2OS. The van der Waals surface area contributed by atoms with Crippen LogP contribution < -0.4 is 10.3 Å². The number of hydrogen-bond acceptors (Lipinski definition) is 4. The van der Waals surface area contributed by atoms with E-state index in [2.05, 4.69) is 23.1 Å². The number of anilines is 1. The number of aryl methyl sites for hydroxylation is 1. The van der Waals surface area contributed by atoms with Crippen molar-refractivity contribution in [2.24, 2.45) is 0 Å². The van der Waals surface area contributed by atoms with Gasteiger partial charge in [0.2, 0.25) is 0 Å². The van der Waals surface area contributed by atoms with Gasteiger partial charge in [0.15, 0.2) is 5.43 Å². The molecule has 4 heteroatoms. The summed E-state index contributed by atoms with van der Waals surface area (Å²) in [7, 11) is 0. The summed E-state index contributed by atoms with van der Waals surface area (Å²) in [6.45, 7) is 4.29. The van der Waals surface area contributed by atoms with E-state index in [0.717, 1.165) is 45.9 Å². The minimum Gasteiger partial charge on any atom is -0.371 e. The van der Waals surface area contributed by atoms with Gasteiger partial charge in [-0.2, -0.15) is 0 Å². The topological polar surface area (TPSA) is 33.2 Å². The predicted octanol–water partition coefficient (Wildman–Crippen LogP) is 4.31. The van der Waals surface area contributed by atoms with Crippen molar-refractivity contribution in [2.45, 2.75) is 32.6 Å². The average Bonchev–Trinajstić information content (AvgIpc) is 2.60. The number of fused-ring (bicyclic) bond motifs is 2. The van der Waals surface area contributed by atoms with Crippen LogP contribution in [0.2, 0.25) is 0 Å². The monoisotopic (exact) mass is 324 g/mol. The third kappa shape index (κ3) is 2.72. The summed E-state index contributed by atoms with van der Waals surface area (Å²) in [6.07, 6.45) is 4.64. The van der Waals surface area contributed by atoms with Crippen LogP contribution in [0.5, 0.6) is 0 Å². The summed E-state index contributed by atoms with van der Waals surface area (Å²) in [4.78, 5) is 20.3. The molecule has 2 heterocycles. The number of aromatic nitrogens is 1. The molecule has 1 aromatic rings. The second kappa shape index (κ2) is 5.93. The largest absolute Gasteiger partial charge is 0.371 e. The molecule has 0 unspecified atom stereocenters. The van der Waals surface area contributed by atoms with Gasteiger partial charge < -0.3 is 4.90 Å². The summed E-state index contributed by atoms with van der Waals surface area (Å²) < 4.78 is 1.16. The Kier molecular flexibility index (Phi) is 3.77. The highest BCUT2D eigenvalue weighted by Crippen LogP contribution is 2.33. The first-order valence-corrected chi connectivity index (χ1v) is 9.19. The standard InChI is InChI=1S/C19H20N2OS/c1-2-13-10-16-19(12-17(13)22)23-18-11-14(6-7-15(18)20-16)21-8-4-3-5-9-21/h6-7,10-12H,2-5,8-9H2,1H3. The lowest BCUT2D eigenvalue weighted by molar-refractivity contribution is 0.578. The normalized spacial score (nSPS) is 15.4. The van der Waals surface area contributed by atoms with Crippen LogP contribution in [0.3, 0.4) is 0 Å². The first kappa shape index (κ1) is 14.6. The third-order valence-electron chi connectivity index (χ3n) is 4.65. The van der Waals surface area contributed by atoms with Gasteiger partial charge in [-0.05, 0) is 49.9 Å². The van der Waals surface area contributed by atoms with E-state index in [1.807, 2.05) is 13.0 Å². The summed E-state index contributed by atoms with van der Waals surface area (Å²) in [6, 6.07) is 10.2. The van der Waals surface area contributed by atoms with Crippen LogP contribution >= 0.6 is 11.3 Å². The van der Waals surface area contributed by atoms with Crippen molar-refractivity contribution in [3.8, 4) is 10.6 Å². The predicted molar refractivity (Wildman–Crippen MR) is 98.0 cm³/mol. The summed E-state index contributed by atoms with van der Waals surface area (Å²) in [5.41, 5.74) is 4.21. The van der Waals surface area contributed by atoms with Crippen LogP contribution in [0.1, 0.15) is 31.7 Å². The molecule has 0 N–H and O–H groups in total. The van der Waals surface area contributed by atoms with Gasteiger partial charge in [-0.1, -0.05) is 6.92 Å². The zero-order chi connectivity index (χ0) is 15.8. The van der Waals surface area contributed by atoms with Crippen LogP contribution in [0.15, 0.2) is 35.1 Å². The molecule has 0 spiro atoms.